The maximum Gasteiger partial charge on any atom is 0.277 e. The van der Waals surface area contributed by atoms with Gasteiger partial charge in [0.2, 0.25) is 10.0 Å². The lowest BCUT2D eigenvalue weighted by Gasteiger charge is -2.07. The van der Waals surface area contributed by atoms with E-state index in [0.717, 1.165) is 0 Å². The van der Waals surface area contributed by atoms with E-state index in [1.807, 2.05) is 0 Å². The third-order valence-electron chi connectivity index (χ3n) is 2.40. The number of nitrogens with zero attached hydrogens (tertiary/aromatic N) is 2. The van der Waals surface area contributed by atoms with Gasteiger partial charge in [-0.05, 0) is 24.6 Å². The predicted molar refractivity (Wildman–Crippen MR) is 66.9 cm³/mol. The molecule has 0 bridgehead atoms. The molecule has 9 heteroatoms. The van der Waals surface area contributed by atoms with E-state index in [9.17, 15) is 13.2 Å². The summed E-state index contributed by atoms with van der Waals surface area (Å²) in [5.41, 5.74) is 0.905. The van der Waals surface area contributed by atoms with Crippen LogP contribution in [-0.4, -0.2) is 29.7 Å². The van der Waals surface area contributed by atoms with Gasteiger partial charge in [-0.1, -0.05) is 6.07 Å². The molecule has 0 fully saturated rings. The minimum atomic E-state index is -3.83. The van der Waals surface area contributed by atoms with Gasteiger partial charge in [0, 0.05) is 5.69 Å². The average molecular weight is 281 g/mol. The molecule has 0 aliphatic rings. The maximum absolute atomic E-state index is 11.7. The molecule has 1 heterocycles. The molecule has 2 aromatic rings. The van der Waals surface area contributed by atoms with Crippen molar-refractivity contribution in [3.8, 4) is 0 Å². The summed E-state index contributed by atoms with van der Waals surface area (Å²) in [5, 5.41) is 17.0. The highest BCUT2D eigenvalue weighted by Crippen LogP contribution is 2.19. The van der Waals surface area contributed by atoms with Crippen LogP contribution in [0.3, 0.4) is 0 Å². The van der Waals surface area contributed by atoms with Gasteiger partial charge >= 0.3 is 0 Å². The Morgan fingerprint density at radius 2 is 2.16 bits per heavy atom. The first kappa shape index (κ1) is 13.2. The highest BCUT2D eigenvalue weighted by atomic mass is 32.2. The molecule has 0 saturated heterocycles. The molecule has 1 aromatic heterocycles. The van der Waals surface area contributed by atoms with Gasteiger partial charge in [0.25, 0.3) is 5.91 Å². The van der Waals surface area contributed by atoms with Crippen molar-refractivity contribution in [2.75, 3.05) is 5.32 Å². The number of hydrogen-bond acceptors (Lipinski definition) is 5. The number of carbonyl (C=O) groups is 1. The summed E-state index contributed by atoms with van der Waals surface area (Å²) >= 11 is 0. The molecule has 0 radical (unpaired) electrons. The first-order valence-electron chi connectivity index (χ1n) is 5.18. The van der Waals surface area contributed by atoms with Gasteiger partial charge in [0.05, 0.1) is 11.1 Å². The SMILES string of the molecule is Cc1ccc(NC(=O)c2cn[nH]n2)cc1S(N)(=O)=O. The average Bonchev–Trinajstić information content (AvgIpc) is 2.83. The number of nitrogens with two attached hydrogens (primary N) is 1. The van der Waals surface area contributed by atoms with Crippen molar-refractivity contribution in [2.45, 2.75) is 11.8 Å². The summed E-state index contributed by atoms with van der Waals surface area (Å²) < 4.78 is 22.7. The smallest absolute Gasteiger partial charge is 0.277 e. The number of benzene rings is 1. The maximum atomic E-state index is 11.7. The Hall–Kier alpha value is -2.26. The summed E-state index contributed by atoms with van der Waals surface area (Å²) in [6, 6.07) is 4.42. The molecule has 0 spiro atoms. The zero-order valence-electron chi connectivity index (χ0n) is 9.91. The largest absolute Gasteiger partial charge is 0.321 e. The Bertz CT molecular complexity index is 709. The number of H-pyrrole nitrogens is 1. The number of hydrogen-bond donors (Lipinski definition) is 3. The van der Waals surface area contributed by atoms with Crippen LogP contribution in [0.4, 0.5) is 5.69 Å². The quantitative estimate of drug-likeness (QED) is 0.729. The Kier molecular flexibility index (Phi) is 3.32. The minimum Gasteiger partial charge on any atom is -0.321 e. The molecular formula is C10H11N5O3S. The van der Waals surface area contributed by atoms with Crippen molar-refractivity contribution in [3.63, 3.8) is 0 Å². The van der Waals surface area contributed by atoms with Crippen molar-refractivity contribution in [2.24, 2.45) is 5.14 Å². The summed E-state index contributed by atoms with van der Waals surface area (Å²) in [7, 11) is -3.83. The Labute approximate surface area is 109 Å². The Balaban J connectivity index is 2.30. The monoisotopic (exact) mass is 281 g/mol. The molecule has 100 valence electrons. The Morgan fingerprint density at radius 1 is 1.42 bits per heavy atom. The zero-order valence-corrected chi connectivity index (χ0v) is 10.7. The van der Waals surface area contributed by atoms with E-state index in [-0.39, 0.29) is 10.6 Å². The summed E-state index contributed by atoms with van der Waals surface area (Å²) in [4.78, 5) is 11.7. The van der Waals surface area contributed by atoms with Crippen molar-refractivity contribution < 1.29 is 13.2 Å². The van der Waals surface area contributed by atoms with E-state index in [0.29, 0.717) is 11.3 Å². The second kappa shape index (κ2) is 4.78. The molecule has 2 rings (SSSR count). The molecule has 1 amide bonds. The fourth-order valence-electron chi connectivity index (χ4n) is 1.49. The van der Waals surface area contributed by atoms with Crippen LogP contribution in [0.25, 0.3) is 0 Å². The number of anilines is 1. The predicted octanol–water partition coefficient (Wildman–Crippen LogP) is 0.0128. The van der Waals surface area contributed by atoms with Crippen molar-refractivity contribution >= 4 is 21.6 Å². The highest BCUT2D eigenvalue weighted by molar-refractivity contribution is 7.89. The summed E-state index contributed by atoms with van der Waals surface area (Å²) in [6.07, 6.45) is 1.25. The standard InChI is InChI=1S/C10H11N5O3S/c1-6-2-3-7(4-9(6)19(11,17)18)13-10(16)8-5-12-15-14-8/h2-5H,1H3,(H,13,16)(H2,11,17,18)(H,12,14,15). The second-order valence-corrected chi connectivity index (χ2v) is 5.36. The topological polar surface area (TPSA) is 131 Å². The fourth-order valence-corrected chi connectivity index (χ4v) is 2.30. The number of nitrogens with one attached hydrogen (secondary N) is 2. The molecule has 4 N–H and O–H groups in total. The molecule has 19 heavy (non-hydrogen) atoms. The van der Waals surface area contributed by atoms with Gasteiger partial charge < -0.3 is 5.32 Å². The number of carbonyl (C=O) groups excluding carboxylic acids is 1. The van der Waals surface area contributed by atoms with Crippen molar-refractivity contribution in [1.29, 1.82) is 0 Å². The van der Waals surface area contributed by atoms with Crippen LogP contribution in [0, 0.1) is 6.92 Å². The van der Waals surface area contributed by atoms with Gasteiger partial charge in [0.1, 0.15) is 0 Å². The molecule has 0 aliphatic carbocycles. The molecular weight excluding hydrogens is 270 g/mol. The van der Waals surface area contributed by atoms with Crippen molar-refractivity contribution in [3.05, 3.63) is 35.7 Å². The van der Waals surface area contributed by atoms with Crippen LogP contribution in [0.1, 0.15) is 16.1 Å². The molecule has 0 aliphatic heterocycles. The van der Waals surface area contributed by atoms with E-state index in [1.54, 1.807) is 19.1 Å². The van der Waals surface area contributed by atoms with Crippen LogP contribution in [0.15, 0.2) is 29.3 Å². The number of aromatic amines is 1. The number of aromatic nitrogens is 3. The third-order valence-corrected chi connectivity index (χ3v) is 3.45. The van der Waals surface area contributed by atoms with E-state index in [1.165, 1.54) is 12.3 Å². The van der Waals surface area contributed by atoms with E-state index < -0.39 is 15.9 Å². The first-order chi connectivity index (χ1) is 8.88. The van der Waals surface area contributed by atoms with Gasteiger partial charge in [-0.25, -0.2) is 13.6 Å². The number of primary sulfonamides is 1. The number of sulfonamides is 1. The van der Waals surface area contributed by atoms with Crippen LogP contribution in [0.5, 0.6) is 0 Å². The lowest BCUT2D eigenvalue weighted by Crippen LogP contribution is -2.16. The van der Waals surface area contributed by atoms with E-state index in [2.05, 4.69) is 20.7 Å². The number of amides is 1. The minimum absolute atomic E-state index is 0.0366. The number of aryl methyl sites for hydroxylation is 1. The number of rotatable bonds is 3. The lowest BCUT2D eigenvalue weighted by molar-refractivity contribution is 0.102. The lowest BCUT2D eigenvalue weighted by atomic mass is 10.2. The zero-order chi connectivity index (χ0) is 14.0. The third kappa shape index (κ3) is 2.95. The summed E-state index contributed by atoms with van der Waals surface area (Å²) in [5.74, 6) is -0.502. The first-order valence-corrected chi connectivity index (χ1v) is 6.73. The van der Waals surface area contributed by atoms with Crippen LogP contribution in [0.2, 0.25) is 0 Å². The van der Waals surface area contributed by atoms with Crippen LogP contribution < -0.4 is 10.5 Å². The van der Waals surface area contributed by atoms with Gasteiger partial charge in [-0.2, -0.15) is 15.4 Å². The summed E-state index contributed by atoms with van der Waals surface area (Å²) in [6.45, 7) is 1.61. The highest BCUT2D eigenvalue weighted by Gasteiger charge is 2.14. The molecule has 0 unspecified atom stereocenters. The second-order valence-electron chi connectivity index (χ2n) is 3.83. The van der Waals surface area contributed by atoms with Gasteiger partial charge in [-0.15, -0.1) is 0 Å². The molecule has 0 atom stereocenters. The van der Waals surface area contributed by atoms with Crippen molar-refractivity contribution in [1.82, 2.24) is 15.4 Å². The fraction of sp³-hybridized carbons (Fsp3) is 0.100. The van der Waals surface area contributed by atoms with Gasteiger partial charge in [0.15, 0.2) is 5.69 Å². The molecule has 1 aromatic carbocycles. The normalized spacial score (nSPS) is 11.3. The van der Waals surface area contributed by atoms with Gasteiger partial charge in [-0.3, -0.25) is 4.79 Å². The van der Waals surface area contributed by atoms with E-state index >= 15 is 0 Å². The van der Waals surface area contributed by atoms with Crippen LogP contribution in [-0.2, 0) is 10.0 Å². The van der Waals surface area contributed by atoms with Crippen LogP contribution >= 0.6 is 0 Å². The Morgan fingerprint density at radius 3 is 2.74 bits per heavy atom. The van der Waals surface area contributed by atoms with E-state index in [4.69, 9.17) is 5.14 Å². The molecule has 0 saturated carbocycles. The molecule has 8 nitrogen and oxygen atoms in total.